The topological polar surface area (TPSA) is 53.0 Å². The predicted molar refractivity (Wildman–Crippen MR) is 112 cm³/mol. The molecule has 1 aromatic rings. The Hall–Kier alpha value is -1.08. The highest BCUT2D eigenvalue weighted by Gasteiger charge is 2.44. The minimum absolute atomic E-state index is 0.145. The fraction of sp³-hybridized carbons (Fsp3) is 0.682. The van der Waals surface area contributed by atoms with Crippen LogP contribution in [0.5, 0.6) is 0 Å². The van der Waals surface area contributed by atoms with Gasteiger partial charge in [-0.25, -0.2) is 0 Å². The van der Waals surface area contributed by atoms with Crippen molar-refractivity contribution in [2.75, 3.05) is 45.6 Å². The van der Waals surface area contributed by atoms with Crippen LogP contribution in [-0.2, 0) is 4.74 Å². The van der Waals surface area contributed by atoms with Crippen LogP contribution in [0.4, 0.5) is 0 Å². The predicted octanol–water partition coefficient (Wildman–Crippen LogP) is 2.88. The highest BCUT2D eigenvalue weighted by Crippen LogP contribution is 2.41. The zero-order valence-electron chi connectivity index (χ0n) is 16.8. The second-order valence-corrected chi connectivity index (χ2v) is 9.47. The first-order valence-electron chi connectivity index (χ1n) is 10.5. The molecule has 0 radical (unpaired) electrons. The third-order valence-electron chi connectivity index (χ3n) is 6.81. The van der Waals surface area contributed by atoms with Gasteiger partial charge in [0.2, 0.25) is 0 Å². The summed E-state index contributed by atoms with van der Waals surface area (Å²) in [6, 6.07) is 8.43. The van der Waals surface area contributed by atoms with Crippen molar-refractivity contribution in [3.8, 4) is 0 Å². The van der Waals surface area contributed by atoms with Gasteiger partial charge in [-0.05, 0) is 55.9 Å². The SMILES string of the molecule is CSc1ccccc1C(=O)N1CCC2(CC1)CC(O)CN(C1CCOCC1)C2. The second-order valence-electron chi connectivity index (χ2n) is 8.62. The van der Waals surface area contributed by atoms with Gasteiger partial charge in [0.1, 0.15) is 0 Å². The Bertz CT molecular complexity index is 684. The summed E-state index contributed by atoms with van der Waals surface area (Å²) in [7, 11) is 0. The summed E-state index contributed by atoms with van der Waals surface area (Å²) in [5.74, 6) is 0.150. The van der Waals surface area contributed by atoms with Crippen LogP contribution in [-0.4, -0.2) is 78.6 Å². The molecule has 0 aliphatic carbocycles. The first-order chi connectivity index (χ1) is 13.6. The van der Waals surface area contributed by atoms with Crippen molar-refractivity contribution in [2.45, 2.75) is 49.1 Å². The molecule has 3 aliphatic rings. The smallest absolute Gasteiger partial charge is 0.254 e. The monoisotopic (exact) mass is 404 g/mol. The van der Waals surface area contributed by atoms with Crippen molar-refractivity contribution in [1.29, 1.82) is 0 Å². The molecule has 0 bridgehead atoms. The maximum absolute atomic E-state index is 13.1. The van der Waals surface area contributed by atoms with Crippen LogP contribution < -0.4 is 0 Å². The van der Waals surface area contributed by atoms with Gasteiger partial charge in [-0.2, -0.15) is 0 Å². The van der Waals surface area contributed by atoms with Crippen molar-refractivity contribution < 1.29 is 14.6 Å². The van der Waals surface area contributed by atoms with Gasteiger partial charge in [-0.15, -0.1) is 11.8 Å². The molecule has 3 saturated heterocycles. The maximum Gasteiger partial charge on any atom is 0.254 e. The number of carbonyl (C=O) groups is 1. The minimum Gasteiger partial charge on any atom is -0.392 e. The standard InChI is InChI=1S/C22H32N2O3S/c1-28-20-5-3-2-4-19(20)21(26)23-10-8-22(9-11-23)14-18(25)15-24(16-22)17-6-12-27-13-7-17/h2-5,17-18,25H,6-16H2,1H3. The summed E-state index contributed by atoms with van der Waals surface area (Å²) < 4.78 is 5.52. The van der Waals surface area contributed by atoms with Crippen LogP contribution in [0, 0.1) is 5.41 Å². The van der Waals surface area contributed by atoms with Crippen LogP contribution in [0.25, 0.3) is 0 Å². The average molecular weight is 405 g/mol. The van der Waals surface area contributed by atoms with Gasteiger partial charge >= 0.3 is 0 Å². The van der Waals surface area contributed by atoms with Gasteiger partial charge in [0, 0.05) is 50.3 Å². The van der Waals surface area contributed by atoms with Gasteiger partial charge in [0.15, 0.2) is 0 Å². The highest BCUT2D eigenvalue weighted by molar-refractivity contribution is 7.98. The fourth-order valence-electron chi connectivity index (χ4n) is 5.26. The number of rotatable bonds is 3. The van der Waals surface area contributed by atoms with Crippen LogP contribution >= 0.6 is 11.8 Å². The molecular weight excluding hydrogens is 372 g/mol. The molecule has 6 heteroatoms. The average Bonchev–Trinajstić information content (AvgIpc) is 2.74. The number of amides is 1. The Balaban J connectivity index is 1.41. The lowest BCUT2D eigenvalue weighted by Gasteiger charge is -2.51. The number of β-amino-alcohol motifs (C(OH)–C–C–N with tert-alkyl or cyclic N) is 1. The third-order valence-corrected chi connectivity index (χ3v) is 7.60. The van der Waals surface area contributed by atoms with Gasteiger partial charge in [0.25, 0.3) is 5.91 Å². The lowest BCUT2D eigenvalue weighted by Crippen LogP contribution is -2.57. The number of likely N-dealkylation sites (tertiary alicyclic amines) is 2. The molecule has 1 aromatic carbocycles. The first kappa shape index (κ1) is 20.2. The van der Waals surface area contributed by atoms with Crippen LogP contribution in [0.15, 0.2) is 29.2 Å². The van der Waals surface area contributed by atoms with Crippen LogP contribution in [0.1, 0.15) is 42.5 Å². The number of aliphatic hydroxyl groups is 1. The number of hydrogen-bond acceptors (Lipinski definition) is 5. The van der Waals surface area contributed by atoms with Gasteiger partial charge in [-0.3, -0.25) is 9.69 Å². The van der Waals surface area contributed by atoms with E-state index in [1.54, 1.807) is 11.8 Å². The van der Waals surface area contributed by atoms with E-state index in [4.69, 9.17) is 4.74 Å². The van der Waals surface area contributed by atoms with Gasteiger partial charge < -0.3 is 14.7 Å². The zero-order valence-corrected chi connectivity index (χ0v) is 17.6. The third kappa shape index (κ3) is 4.25. The van der Waals surface area contributed by atoms with Crippen molar-refractivity contribution in [2.24, 2.45) is 5.41 Å². The molecule has 5 nitrogen and oxygen atoms in total. The van der Waals surface area contributed by atoms with E-state index in [2.05, 4.69) is 4.90 Å². The molecule has 0 saturated carbocycles. The minimum atomic E-state index is -0.254. The van der Waals surface area contributed by atoms with E-state index in [0.717, 1.165) is 82.0 Å². The number of nitrogens with zero attached hydrogens (tertiary/aromatic N) is 2. The summed E-state index contributed by atoms with van der Waals surface area (Å²) >= 11 is 1.63. The number of hydrogen-bond donors (Lipinski definition) is 1. The zero-order chi connectivity index (χ0) is 19.6. The highest BCUT2D eigenvalue weighted by atomic mass is 32.2. The van der Waals surface area contributed by atoms with E-state index >= 15 is 0 Å². The Morgan fingerprint density at radius 1 is 1.21 bits per heavy atom. The Morgan fingerprint density at radius 3 is 2.64 bits per heavy atom. The fourth-order valence-corrected chi connectivity index (χ4v) is 5.85. The molecule has 1 unspecified atom stereocenters. The number of ether oxygens (including phenoxy) is 1. The van der Waals surface area contributed by atoms with E-state index in [0.29, 0.717) is 6.04 Å². The summed E-state index contributed by atoms with van der Waals surface area (Å²) in [5.41, 5.74) is 0.963. The largest absolute Gasteiger partial charge is 0.392 e. The summed E-state index contributed by atoms with van der Waals surface area (Å²) in [6.45, 7) is 5.09. The van der Waals surface area contributed by atoms with Crippen molar-refractivity contribution in [3.63, 3.8) is 0 Å². The van der Waals surface area contributed by atoms with E-state index in [-0.39, 0.29) is 17.4 Å². The molecule has 28 heavy (non-hydrogen) atoms. The van der Waals surface area contributed by atoms with Crippen molar-refractivity contribution in [3.05, 3.63) is 29.8 Å². The number of carbonyl (C=O) groups excluding carboxylic acids is 1. The molecule has 154 valence electrons. The maximum atomic E-state index is 13.1. The second kappa shape index (κ2) is 8.74. The van der Waals surface area contributed by atoms with E-state index in [1.165, 1.54) is 0 Å². The molecular formula is C22H32N2O3S. The molecule has 3 fully saturated rings. The summed E-state index contributed by atoms with van der Waals surface area (Å²) in [5, 5.41) is 10.6. The first-order valence-corrected chi connectivity index (χ1v) is 11.7. The summed E-state index contributed by atoms with van der Waals surface area (Å²) in [6.07, 6.45) is 6.74. The lowest BCUT2D eigenvalue weighted by atomic mass is 9.71. The molecule has 4 rings (SSSR count). The Labute approximate surface area is 172 Å². The molecule has 1 atom stereocenters. The number of benzene rings is 1. The number of thioether (sulfide) groups is 1. The molecule has 1 spiro atoms. The van der Waals surface area contributed by atoms with Crippen LogP contribution in [0.2, 0.25) is 0 Å². The molecule has 0 aromatic heterocycles. The molecule has 3 heterocycles. The summed E-state index contributed by atoms with van der Waals surface area (Å²) in [4.78, 5) is 18.6. The van der Waals surface area contributed by atoms with E-state index in [1.807, 2.05) is 35.4 Å². The van der Waals surface area contributed by atoms with Crippen molar-refractivity contribution >= 4 is 17.7 Å². The normalized spacial score (nSPS) is 26.5. The van der Waals surface area contributed by atoms with Gasteiger partial charge in [-0.1, -0.05) is 12.1 Å². The lowest BCUT2D eigenvalue weighted by molar-refractivity contribution is -0.0695. The van der Waals surface area contributed by atoms with Crippen molar-refractivity contribution in [1.82, 2.24) is 9.80 Å². The Morgan fingerprint density at radius 2 is 1.93 bits per heavy atom. The molecule has 1 amide bonds. The van der Waals surface area contributed by atoms with E-state index in [9.17, 15) is 9.90 Å². The molecule has 1 N–H and O–H groups in total. The van der Waals surface area contributed by atoms with Crippen LogP contribution in [0.3, 0.4) is 0 Å². The number of piperidine rings is 2. The molecule has 3 aliphatic heterocycles. The number of aliphatic hydroxyl groups excluding tert-OH is 1. The van der Waals surface area contributed by atoms with E-state index < -0.39 is 0 Å². The Kier molecular flexibility index (Phi) is 6.30. The quantitative estimate of drug-likeness (QED) is 0.785. The van der Waals surface area contributed by atoms with Gasteiger partial charge in [0.05, 0.1) is 11.7 Å².